The maximum absolute atomic E-state index is 12.7. The number of carbonyl (C=O) groups is 3. The predicted molar refractivity (Wildman–Crippen MR) is 128 cm³/mol. The highest BCUT2D eigenvalue weighted by Crippen LogP contribution is 2.44. The molecule has 2 aromatic carbocycles. The lowest BCUT2D eigenvalue weighted by Gasteiger charge is -2.23. The lowest BCUT2D eigenvalue weighted by Crippen LogP contribution is -2.41. The third-order valence-electron chi connectivity index (χ3n) is 6.49. The number of aliphatic carboxylic acids is 1. The molecule has 34 heavy (non-hydrogen) atoms. The Labute approximate surface area is 199 Å². The minimum Gasteiger partial charge on any atom is -0.480 e. The van der Waals surface area contributed by atoms with Crippen molar-refractivity contribution in [3.63, 3.8) is 0 Å². The van der Waals surface area contributed by atoms with Crippen LogP contribution in [0.1, 0.15) is 36.8 Å². The van der Waals surface area contributed by atoms with Crippen LogP contribution in [0.2, 0.25) is 0 Å². The molecular formula is C26H31N3O5. The Morgan fingerprint density at radius 2 is 1.65 bits per heavy atom. The first-order valence-corrected chi connectivity index (χ1v) is 11.8. The first kappa shape index (κ1) is 23.8. The van der Waals surface area contributed by atoms with E-state index in [4.69, 9.17) is 9.84 Å². The van der Waals surface area contributed by atoms with E-state index in [1.165, 1.54) is 11.1 Å². The summed E-state index contributed by atoms with van der Waals surface area (Å²) in [6.45, 7) is 4.27. The Kier molecular flexibility index (Phi) is 7.47. The first-order chi connectivity index (χ1) is 16.4. The van der Waals surface area contributed by atoms with Crippen LogP contribution >= 0.6 is 0 Å². The van der Waals surface area contributed by atoms with Crippen molar-refractivity contribution >= 4 is 18.0 Å². The summed E-state index contributed by atoms with van der Waals surface area (Å²) in [5, 5.41) is 11.7. The molecule has 2 aromatic rings. The van der Waals surface area contributed by atoms with E-state index in [2.05, 4.69) is 29.6 Å². The van der Waals surface area contributed by atoms with E-state index < -0.39 is 12.1 Å². The fourth-order valence-electron chi connectivity index (χ4n) is 4.85. The number of hydrogen-bond acceptors (Lipinski definition) is 5. The molecular weight excluding hydrogens is 434 g/mol. The van der Waals surface area contributed by atoms with Gasteiger partial charge in [-0.25, -0.2) is 4.79 Å². The number of alkyl carbamates (subject to hydrolysis) is 1. The van der Waals surface area contributed by atoms with Gasteiger partial charge in [-0.3, -0.25) is 14.5 Å². The second kappa shape index (κ2) is 10.7. The number of hydrogen-bond donors (Lipinski definition) is 2. The standard InChI is InChI=1S/C26H31N3O5/c1-18(15-24(30)29-12-6-11-28(13-14-29)16-25(31)32)27-26(33)34-17-23-21-9-4-2-7-19(21)20-8-3-5-10-22(20)23/h2-5,7-10,18,23H,6,11-17H2,1H3,(H,27,33)(H,31,32)/t18-/m1/s1. The summed E-state index contributed by atoms with van der Waals surface area (Å²) >= 11 is 0. The van der Waals surface area contributed by atoms with Gasteiger partial charge in [-0.05, 0) is 35.6 Å². The van der Waals surface area contributed by atoms with Crippen LogP contribution in [0.4, 0.5) is 4.79 Å². The molecule has 1 atom stereocenters. The monoisotopic (exact) mass is 465 g/mol. The number of benzene rings is 2. The fraction of sp³-hybridized carbons (Fsp3) is 0.423. The van der Waals surface area contributed by atoms with Gasteiger partial charge >= 0.3 is 12.1 Å². The minimum atomic E-state index is -0.860. The highest BCUT2D eigenvalue weighted by Gasteiger charge is 2.29. The molecule has 1 aliphatic heterocycles. The summed E-state index contributed by atoms with van der Waals surface area (Å²) in [5.41, 5.74) is 4.64. The van der Waals surface area contributed by atoms with Gasteiger partial charge in [0.2, 0.25) is 5.91 Å². The maximum Gasteiger partial charge on any atom is 0.407 e. The van der Waals surface area contributed by atoms with Crippen molar-refractivity contribution in [1.82, 2.24) is 15.1 Å². The average molecular weight is 466 g/mol. The van der Waals surface area contributed by atoms with Crippen molar-refractivity contribution in [1.29, 1.82) is 0 Å². The van der Waals surface area contributed by atoms with E-state index in [0.717, 1.165) is 17.5 Å². The third kappa shape index (κ3) is 5.56. The van der Waals surface area contributed by atoms with Gasteiger partial charge in [0.05, 0.1) is 6.54 Å². The molecule has 0 unspecified atom stereocenters. The van der Waals surface area contributed by atoms with Crippen LogP contribution in [0.3, 0.4) is 0 Å². The first-order valence-electron chi connectivity index (χ1n) is 11.8. The number of carboxylic acids is 1. The topological polar surface area (TPSA) is 99.2 Å². The highest BCUT2D eigenvalue weighted by atomic mass is 16.5. The Morgan fingerprint density at radius 3 is 2.29 bits per heavy atom. The number of carboxylic acid groups (broad SMARTS) is 1. The van der Waals surface area contributed by atoms with E-state index in [9.17, 15) is 14.4 Å². The molecule has 1 heterocycles. The molecule has 1 aliphatic carbocycles. The molecule has 8 heteroatoms. The second-order valence-electron chi connectivity index (χ2n) is 8.98. The van der Waals surface area contributed by atoms with Gasteiger partial charge in [0.15, 0.2) is 0 Å². The smallest absolute Gasteiger partial charge is 0.407 e. The van der Waals surface area contributed by atoms with Gasteiger partial charge in [0.25, 0.3) is 0 Å². The van der Waals surface area contributed by atoms with Gasteiger partial charge in [0, 0.05) is 44.6 Å². The van der Waals surface area contributed by atoms with Crippen molar-refractivity contribution in [3.05, 3.63) is 59.7 Å². The second-order valence-corrected chi connectivity index (χ2v) is 8.98. The number of amides is 2. The highest BCUT2D eigenvalue weighted by molar-refractivity contribution is 5.79. The van der Waals surface area contributed by atoms with Gasteiger partial charge in [0.1, 0.15) is 6.61 Å². The normalized spacial score (nSPS) is 16.8. The number of rotatable bonds is 7. The number of nitrogens with one attached hydrogen (secondary N) is 1. The Hall–Kier alpha value is -3.39. The SMILES string of the molecule is C[C@H](CC(=O)N1CCCN(CC(=O)O)CC1)NC(=O)OCC1c2ccccc2-c2ccccc21. The molecule has 1 saturated heterocycles. The van der Waals surface area contributed by atoms with Gasteiger partial charge in [-0.2, -0.15) is 0 Å². The van der Waals surface area contributed by atoms with Crippen LogP contribution in [-0.2, 0) is 14.3 Å². The number of ether oxygens (including phenoxy) is 1. The maximum atomic E-state index is 12.7. The number of carbonyl (C=O) groups excluding carboxylic acids is 2. The summed E-state index contributed by atoms with van der Waals surface area (Å²) < 4.78 is 5.57. The van der Waals surface area contributed by atoms with E-state index in [-0.39, 0.29) is 37.4 Å². The fourth-order valence-corrected chi connectivity index (χ4v) is 4.85. The van der Waals surface area contributed by atoms with Gasteiger partial charge < -0.3 is 20.1 Å². The minimum absolute atomic E-state index is 0.0121. The van der Waals surface area contributed by atoms with Crippen LogP contribution in [0.15, 0.2) is 48.5 Å². The quantitative estimate of drug-likeness (QED) is 0.652. The molecule has 8 nitrogen and oxygen atoms in total. The third-order valence-corrected chi connectivity index (χ3v) is 6.49. The van der Waals surface area contributed by atoms with Crippen molar-refractivity contribution in [2.24, 2.45) is 0 Å². The van der Waals surface area contributed by atoms with Crippen molar-refractivity contribution in [2.45, 2.75) is 31.7 Å². The molecule has 0 spiro atoms. The van der Waals surface area contributed by atoms with Crippen LogP contribution < -0.4 is 5.32 Å². The molecule has 2 aliphatic rings. The van der Waals surface area contributed by atoms with Crippen molar-refractivity contribution in [3.8, 4) is 11.1 Å². The lowest BCUT2D eigenvalue weighted by atomic mass is 9.98. The van der Waals surface area contributed by atoms with E-state index >= 15 is 0 Å². The van der Waals surface area contributed by atoms with Crippen LogP contribution in [0.25, 0.3) is 11.1 Å². The molecule has 1 fully saturated rings. The Bertz CT molecular complexity index is 1010. The molecule has 0 aromatic heterocycles. The van der Waals surface area contributed by atoms with E-state index in [1.807, 2.05) is 29.2 Å². The summed E-state index contributed by atoms with van der Waals surface area (Å²) in [4.78, 5) is 39.7. The molecule has 2 amide bonds. The lowest BCUT2D eigenvalue weighted by molar-refractivity contribution is -0.138. The molecule has 4 rings (SSSR count). The number of fused-ring (bicyclic) bond motifs is 3. The Balaban J connectivity index is 1.26. The molecule has 180 valence electrons. The summed E-state index contributed by atoms with van der Waals surface area (Å²) in [6.07, 6.45) is 0.363. The van der Waals surface area contributed by atoms with Crippen LogP contribution in [0, 0.1) is 0 Å². The molecule has 2 N–H and O–H groups in total. The summed E-state index contributed by atoms with van der Waals surface area (Å²) in [7, 11) is 0. The zero-order valence-corrected chi connectivity index (χ0v) is 19.4. The van der Waals surface area contributed by atoms with Crippen LogP contribution in [-0.4, -0.2) is 78.2 Å². The van der Waals surface area contributed by atoms with Gasteiger partial charge in [-0.1, -0.05) is 48.5 Å². The molecule has 0 radical (unpaired) electrons. The van der Waals surface area contributed by atoms with Gasteiger partial charge in [-0.15, -0.1) is 0 Å². The average Bonchev–Trinajstić information content (AvgIpc) is 2.94. The predicted octanol–water partition coefficient (Wildman–Crippen LogP) is 2.92. The zero-order chi connectivity index (χ0) is 24.1. The largest absolute Gasteiger partial charge is 0.480 e. The number of nitrogens with zero attached hydrogens (tertiary/aromatic N) is 2. The molecule has 0 saturated carbocycles. The van der Waals surface area contributed by atoms with Crippen molar-refractivity contribution in [2.75, 3.05) is 39.3 Å². The Morgan fingerprint density at radius 1 is 1.00 bits per heavy atom. The zero-order valence-electron chi connectivity index (χ0n) is 19.4. The van der Waals surface area contributed by atoms with E-state index in [0.29, 0.717) is 26.2 Å². The van der Waals surface area contributed by atoms with Crippen molar-refractivity contribution < 1.29 is 24.2 Å². The van der Waals surface area contributed by atoms with E-state index in [1.54, 1.807) is 11.8 Å². The summed E-state index contributed by atoms with van der Waals surface area (Å²) in [6, 6.07) is 16.0. The van der Waals surface area contributed by atoms with Crippen LogP contribution in [0.5, 0.6) is 0 Å². The summed E-state index contributed by atoms with van der Waals surface area (Å²) in [5.74, 6) is -0.926. The molecule has 0 bridgehead atoms.